The van der Waals surface area contributed by atoms with E-state index in [4.69, 9.17) is 26.5 Å². The van der Waals surface area contributed by atoms with E-state index < -0.39 is 40.7 Å². The topological polar surface area (TPSA) is 84.4 Å². The molecule has 2 aromatic rings. The highest BCUT2D eigenvalue weighted by Crippen LogP contribution is 2.38. The SMILES string of the molecule is COc1ccc(CNC(=O)C2=NOC3(CCN(C(=S)Nc4cc(C(F)(F)F)cc(C(F)(F)F)c4)CC3)C2)cc1OC. The predicted molar refractivity (Wildman–Crippen MR) is 141 cm³/mol. The van der Waals surface area contributed by atoms with Crippen molar-refractivity contribution in [1.82, 2.24) is 10.2 Å². The quantitative estimate of drug-likeness (QED) is 0.339. The summed E-state index contributed by atoms with van der Waals surface area (Å²) in [5.41, 5.74) is -3.08. The normalized spacial score (nSPS) is 16.6. The van der Waals surface area contributed by atoms with Crippen LogP contribution in [0.2, 0.25) is 0 Å². The molecule has 1 saturated heterocycles. The fourth-order valence-corrected chi connectivity index (χ4v) is 4.83. The average Bonchev–Trinajstić information content (AvgIpc) is 3.34. The van der Waals surface area contributed by atoms with Crippen molar-refractivity contribution in [2.75, 3.05) is 32.6 Å². The van der Waals surface area contributed by atoms with Gasteiger partial charge in [0.15, 0.2) is 16.6 Å². The summed E-state index contributed by atoms with van der Waals surface area (Å²) >= 11 is 5.27. The van der Waals surface area contributed by atoms with Crippen molar-refractivity contribution in [1.29, 1.82) is 0 Å². The van der Waals surface area contributed by atoms with Gasteiger partial charge in [-0.25, -0.2) is 0 Å². The number of carbonyl (C=O) groups is 1. The fraction of sp³-hybridized carbons (Fsp3) is 0.423. The van der Waals surface area contributed by atoms with Gasteiger partial charge in [-0.05, 0) is 48.1 Å². The van der Waals surface area contributed by atoms with Gasteiger partial charge in [0.05, 0.1) is 25.3 Å². The summed E-state index contributed by atoms with van der Waals surface area (Å²) in [5.74, 6) is 0.675. The molecular weight excluding hydrogens is 578 g/mol. The zero-order valence-electron chi connectivity index (χ0n) is 21.9. The van der Waals surface area contributed by atoms with Gasteiger partial charge in [-0.15, -0.1) is 0 Å². The van der Waals surface area contributed by atoms with Crippen LogP contribution in [0.4, 0.5) is 32.0 Å². The molecule has 8 nitrogen and oxygen atoms in total. The maximum absolute atomic E-state index is 13.2. The number of benzene rings is 2. The first-order chi connectivity index (χ1) is 19.2. The van der Waals surface area contributed by atoms with E-state index in [2.05, 4.69) is 15.8 Å². The molecule has 0 bridgehead atoms. The highest BCUT2D eigenvalue weighted by Gasteiger charge is 2.44. The Morgan fingerprint density at radius 1 is 1.00 bits per heavy atom. The lowest BCUT2D eigenvalue weighted by Gasteiger charge is -2.38. The minimum Gasteiger partial charge on any atom is -0.493 e. The van der Waals surface area contributed by atoms with Crippen molar-refractivity contribution in [3.05, 3.63) is 53.1 Å². The largest absolute Gasteiger partial charge is 0.493 e. The molecule has 41 heavy (non-hydrogen) atoms. The molecule has 4 rings (SSSR count). The summed E-state index contributed by atoms with van der Waals surface area (Å²) in [6.07, 6.45) is -8.95. The van der Waals surface area contributed by atoms with Crippen molar-refractivity contribution in [3.8, 4) is 11.5 Å². The minimum absolute atomic E-state index is 0.0286. The van der Waals surface area contributed by atoms with Gasteiger partial charge >= 0.3 is 12.4 Å². The molecule has 0 aliphatic carbocycles. The van der Waals surface area contributed by atoms with Gasteiger partial charge in [0.1, 0.15) is 11.3 Å². The smallest absolute Gasteiger partial charge is 0.416 e. The van der Waals surface area contributed by atoms with Crippen LogP contribution in [0.15, 0.2) is 41.6 Å². The molecule has 0 aromatic heterocycles. The highest BCUT2D eigenvalue weighted by atomic mass is 32.1. The van der Waals surface area contributed by atoms with Gasteiger partial charge < -0.3 is 29.8 Å². The number of alkyl halides is 6. The Morgan fingerprint density at radius 2 is 1.61 bits per heavy atom. The lowest BCUT2D eigenvalue weighted by Crippen LogP contribution is -2.48. The molecule has 2 aromatic carbocycles. The van der Waals surface area contributed by atoms with E-state index in [0.29, 0.717) is 36.5 Å². The molecule has 2 heterocycles. The number of nitrogens with one attached hydrogen (secondary N) is 2. The number of halogens is 6. The Bertz CT molecular complexity index is 1310. The predicted octanol–water partition coefficient (Wildman–Crippen LogP) is 5.37. The second-order valence-corrected chi connectivity index (χ2v) is 9.96. The second-order valence-electron chi connectivity index (χ2n) is 9.57. The Labute approximate surface area is 236 Å². The summed E-state index contributed by atoms with van der Waals surface area (Å²) < 4.78 is 89.5. The molecule has 1 amide bonds. The highest BCUT2D eigenvalue weighted by molar-refractivity contribution is 7.80. The molecule has 15 heteroatoms. The molecule has 222 valence electrons. The number of likely N-dealkylation sites (tertiary alicyclic amines) is 1. The van der Waals surface area contributed by atoms with Gasteiger partial charge in [-0.1, -0.05) is 11.2 Å². The van der Waals surface area contributed by atoms with Crippen LogP contribution >= 0.6 is 12.2 Å². The Hall–Kier alpha value is -3.75. The van der Waals surface area contributed by atoms with E-state index in [0.717, 1.165) is 5.56 Å². The lowest BCUT2D eigenvalue weighted by molar-refractivity contribution is -0.143. The van der Waals surface area contributed by atoms with Gasteiger partial charge in [0.2, 0.25) is 0 Å². The van der Waals surface area contributed by atoms with Crippen molar-refractivity contribution in [3.63, 3.8) is 0 Å². The number of carbonyl (C=O) groups excluding carboxylic acids is 1. The first kappa shape index (κ1) is 30.2. The molecule has 1 fully saturated rings. The first-order valence-electron chi connectivity index (χ1n) is 12.3. The number of amides is 1. The zero-order valence-corrected chi connectivity index (χ0v) is 22.7. The number of nitrogens with zero attached hydrogens (tertiary/aromatic N) is 2. The van der Waals surface area contributed by atoms with Gasteiger partial charge in [0, 0.05) is 44.6 Å². The third kappa shape index (κ3) is 7.13. The molecule has 1 spiro atoms. The Balaban J connectivity index is 1.31. The molecular formula is C26H26F6N4O4S. The summed E-state index contributed by atoms with van der Waals surface area (Å²) in [7, 11) is 3.03. The van der Waals surface area contributed by atoms with Crippen LogP contribution in [0, 0.1) is 0 Å². The molecule has 0 radical (unpaired) electrons. The number of piperidine rings is 1. The van der Waals surface area contributed by atoms with E-state index in [1.165, 1.54) is 14.2 Å². The number of rotatable bonds is 6. The lowest BCUT2D eigenvalue weighted by atomic mass is 9.87. The maximum atomic E-state index is 13.2. The van der Waals surface area contributed by atoms with E-state index in [1.807, 2.05) is 0 Å². The summed E-state index contributed by atoms with van der Waals surface area (Å²) in [6.45, 7) is 0.782. The number of ether oxygens (including phenoxy) is 2. The number of oxime groups is 1. The second kappa shape index (κ2) is 11.6. The van der Waals surface area contributed by atoms with E-state index in [9.17, 15) is 31.1 Å². The van der Waals surface area contributed by atoms with E-state index >= 15 is 0 Å². The van der Waals surface area contributed by atoms with Crippen LogP contribution in [0.5, 0.6) is 11.5 Å². The minimum atomic E-state index is -4.97. The third-order valence-electron chi connectivity index (χ3n) is 6.80. The van der Waals surface area contributed by atoms with Gasteiger partial charge in [0.25, 0.3) is 5.91 Å². The van der Waals surface area contributed by atoms with Crippen molar-refractivity contribution in [2.45, 2.75) is 43.8 Å². The molecule has 2 aliphatic rings. The Morgan fingerprint density at radius 3 is 2.17 bits per heavy atom. The molecule has 0 atom stereocenters. The van der Waals surface area contributed by atoms with E-state index in [1.54, 1.807) is 23.1 Å². The van der Waals surface area contributed by atoms with Crippen molar-refractivity contribution >= 4 is 34.6 Å². The van der Waals surface area contributed by atoms with E-state index in [-0.39, 0.29) is 42.9 Å². The number of hydrogen-bond acceptors (Lipinski definition) is 6. The van der Waals surface area contributed by atoms with Crippen LogP contribution in [0.25, 0.3) is 0 Å². The van der Waals surface area contributed by atoms with Gasteiger partial charge in [-0.2, -0.15) is 26.3 Å². The Kier molecular flexibility index (Phi) is 8.57. The fourth-order valence-electron chi connectivity index (χ4n) is 4.53. The number of anilines is 1. The molecule has 2 aliphatic heterocycles. The zero-order chi connectivity index (χ0) is 30.0. The van der Waals surface area contributed by atoms with Crippen LogP contribution in [0.1, 0.15) is 36.0 Å². The summed E-state index contributed by atoms with van der Waals surface area (Å²) in [4.78, 5) is 20.0. The number of methoxy groups -OCH3 is 2. The monoisotopic (exact) mass is 604 g/mol. The van der Waals surface area contributed by atoms with Crippen LogP contribution in [-0.2, 0) is 28.5 Å². The standard InChI is InChI=1S/C26H26F6N4O4S/c1-38-20-4-3-15(9-21(20)39-2)14-33-22(37)19-13-24(40-35-19)5-7-36(8-6-24)23(41)34-18-11-16(25(27,28)29)10-17(12-18)26(30,31)32/h3-4,9-12H,5-8,13-14H2,1-2H3,(H,33,37)(H,34,41). The van der Waals surface area contributed by atoms with Crippen LogP contribution in [-0.4, -0.2) is 54.5 Å². The summed E-state index contributed by atoms with van der Waals surface area (Å²) in [5, 5.41) is 9.23. The van der Waals surface area contributed by atoms with Crippen LogP contribution in [0.3, 0.4) is 0 Å². The number of thiocarbonyl (C=S) groups is 1. The van der Waals surface area contributed by atoms with Gasteiger partial charge in [-0.3, -0.25) is 4.79 Å². The molecule has 0 saturated carbocycles. The van der Waals surface area contributed by atoms with Crippen molar-refractivity contribution < 1.29 is 45.4 Å². The molecule has 0 unspecified atom stereocenters. The van der Waals surface area contributed by atoms with Crippen LogP contribution < -0.4 is 20.1 Å². The molecule has 2 N–H and O–H groups in total. The maximum Gasteiger partial charge on any atom is 0.416 e. The summed E-state index contributed by atoms with van der Waals surface area (Å²) in [6, 6.07) is 6.45. The number of hydrogen-bond donors (Lipinski definition) is 2. The first-order valence-corrected chi connectivity index (χ1v) is 12.7. The third-order valence-corrected chi connectivity index (χ3v) is 7.16. The average molecular weight is 605 g/mol. The van der Waals surface area contributed by atoms with Crippen molar-refractivity contribution in [2.24, 2.45) is 5.16 Å².